The molecule has 30 heavy (non-hydrogen) atoms. The van der Waals surface area contributed by atoms with E-state index in [0.717, 1.165) is 11.1 Å². The zero-order valence-electron chi connectivity index (χ0n) is 15.9. The predicted octanol–water partition coefficient (Wildman–Crippen LogP) is 1.68. The highest BCUT2D eigenvalue weighted by molar-refractivity contribution is 7.86. The highest BCUT2D eigenvalue weighted by Gasteiger charge is 2.14. The molecule has 0 aliphatic carbocycles. The third-order valence-corrected chi connectivity index (χ3v) is 5.62. The van der Waals surface area contributed by atoms with Crippen LogP contribution in [0.1, 0.15) is 11.1 Å². The Morgan fingerprint density at radius 2 is 1.10 bits per heavy atom. The smallest absolute Gasteiger partial charge is 0.266 e. The van der Waals surface area contributed by atoms with Crippen LogP contribution < -0.4 is 11.5 Å². The molecule has 6 N–H and O–H groups in total. The summed E-state index contributed by atoms with van der Waals surface area (Å²) < 4.78 is 71.7. The molecule has 2 atom stereocenters. The minimum atomic E-state index is -4.05. The molecule has 12 heteroatoms. The van der Waals surface area contributed by atoms with Crippen molar-refractivity contribution in [3.63, 3.8) is 0 Å². The van der Waals surface area contributed by atoms with Gasteiger partial charge in [0.1, 0.15) is 5.82 Å². The van der Waals surface area contributed by atoms with Gasteiger partial charge in [-0.15, -0.1) is 0 Å². The monoisotopic (exact) mass is 482 g/mol. The second-order valence-electron chi connectivity index (χ2n) is 6.68. The number of nitrogens with two attached hydrogens (primary N) is 2. The van der Waals surface area contributed by atoms with Gasteiger partial charge in [-0.1, -0.05) is 35.9 Å². The molecule has 8 nitrogen and oxygen atoms in total. The number of benzene rings is 2. The topological polar surface area (TPSA) is 161 Å². The zero-order valence-corrected chi connectivity index (χ0v) is 18.2. The molecule has 0 spiro atoms. The fraction of sp³-hybridized carbons (Fsp3) is 0.333. The van der Waals surface area contributed by atoms with Crippen molar-refractivity contribution in [1.29, 1.82) is 0 Å². The Morgan fingerprint density at radius 3 is 1.43 bits per heavy atom. The molecule has 0 aromatic heterocycles. The van der Waals surface area contributed by atoms with Gasteiger partial charge >= 0.3 is 0 Å². The van der Waals surface area contributed by atoms with Crippen LogP contribution in [0.15, 0.2) is 48.5 Å². The van der Waals surface area contributed by atoms with Crippen molar-refractivity contribution < 1.29 is 30.3 Å². The molecule has 0 saturated heterocycles. The summed E-state index contributed by atoms with van der Waals surface area (Å²) in [5.41, 5.74) is 12.7. The maximum absolute atomic E-state index is 12.5. The first kappa shape index (κ1) is 26.4. The van der Waals surface area contributed by atoms with Gasteiger partial charge in [-0.2, -0.15) is 16.8 Å². The van der Waals surface area contributed by atoms with Crippen LogP contribution in [0.2, 0.25) is 5.02 Å². The zero-order chi connectivity index (χ0) is 22.9. The number of hydrogen-bond acceptors (Lipinski definition) is 6. The molecule has 0 radical (unpaired) electrons. The molecule has 0 bridgehead atoms. The first-order valence-corrected chi connectivity index (χ1v) is 12.2. The van der Waals surface area contributed by atoms with Gasteiger partial charge in [0.25, 0.3) is 20.2 Å². The Labute approximate surface area is 180 Å². The number of halogens is 2. The van der Waals surface area contributed by atoms with Gasteiger partial charge in [-0.3, -0.25) is 9.11 Å². The second kappa shape index (κ2) is 11.7. The molecule has 2 aromatic carbocycles. The maximum atomic E-state index is 12.5. The highest BCUT2D eigenvalue weighted by Crippen LogP contribution is 2.11. The maximum Gasteiger partial charge on any atom is 0.266 e. The predicted molar refractivity (Wildman–Crippen MR) is 114 cm³/mol. The van der Waals surface area contributed by atoms with Crippen molar-refractivity contribution in [3.05, 3.63) is 70.5 Å². The molecule has 0 heterocycles. The molecule has 0 amide bonds. The molecule has 0 saturated carbocycles. The highest BCUT2D eigenvalue weighted by atomic mass is 35.5. The average molecular weight is 483 g/mol. The lowest BCUT2D eigenvalue weighted by Crippen LogP contribution is -2.31. The van der Waals surface area contributed by atoms with Gasteiger partial charge in [0.2, 0.25) is 0 Å². The van der Waals surface area contributed by atoms with Crippen LogP contribution in [0.25, 0.3) is 0 Å². The van der Waals surface area contributed by atoms with Crippen molar-refractivity contribution >= 4 is 31.8 Å². The van der Waals surface area contributed by atoms with Crippen LogP contribution in [-0.4, -0.2) is 49.5 Å². The summed E-state index contributed by atoms with van der Waals surface area (Å²) in [5, 5.41) is 0.613. The van der Waals surface area contributed by atoms with Gasteiger partial charge in [0.15, 0.2) is 0 Å². The van der Waals surface area contributed by atoms with Gasteiger partial charge in [-0.25, -0.2) is 4.39 Å². The summed E-state index contributed by atoms with van der Waals surface area (Å²) in [6.45, 7) is 0. The lowest BCUT2D eigenvalue weighted by atomic mass is 10.1. The van der Waals surface area contributed by atoms with Gasteiger partial charge in [0.05, 0.1) is 11.5 Å². The molecule has 0 aliphatic rings. The van der Waals surface area contributed by atoms with Crippen LogP contribution >= 0.6 is 11.6 Å². The quantitative estimate of drug-likeness (QED) is 0.413. The molecular formula is C18H24ClFN2O6S2. The largest absolute Gasteiger partial charge is 0.326 e. The van der Waals surface area contributed by atoms with Crippen molar-refractivity contribution in [2.75, 3.05) is 11.5 Å². The Hall–Kier alpha value is -1.60. The molecule has 2 rings (SSSR count). The summed E-state index contributed by atoms with van der Waals surface area (Å²) in [7, 11) is -8.05. The third-order valence-electron chi connectivity index (χ3n) is 3.67. The summed E-state index contributed by atoms with van der Waals surface area (Å²) in [4.78, 5) is 0. The van der Waals surface area contributed by atoms with Gasteiger partial charge < -0.3 is 11.5 Å². The molecule has 0 aliphatic heterocycles. The lowest BCUT2D eigenvalue weighted by molar-refractivity contribution is 0.474. The molecule has 0 fully saturated rings. The van der Waals surface area contributed by atoms with E-state index in [1.807, 2.05) is 0 Å². The molecule has 0 unspecified atom stereocenters. The Balaban J connectivity index is 0.000000300. The van der Waals surface area contributed by atoms with E-state index in [2.05, 4.69) is 0 Å². The van der Waals surface area contributed by atoms with Crippen LogP contribution in [0.3, 0.4) is 0 Å². The molecular weight excluding hydrogens is 459 g/mol. The number of hydrogen-bond donors (Lipinski definition) is 4. The van der Waals surface area contributed by atoms with Crippen molar-refractivity contribution in [2.24, 2.45) is 11.5 Å². The lowest BCUT2D eigenvalue weighted by Gasteiger charge is -2.09. The Kier molecular flexibility index (Phi) is 10.3. The fourth-order valence-electron chi connectivity index (χ4n) is 2.51. The first-order chi connectivity index (χ1) is 13.7. The standard InChI is InChI=1S/C9H12ClNO3S.C9H12FNO3S/c2*10-8-3-1-7(2-4-8)5-9(11)6-15(12,13)14/h2*1-4,9H,5-6,11H2,(H,12,13,14)/t2*9-/m00/s1. The summed E-state index contributed by atoms with van der Waals surface area (Å²) in [5.74, 6) is -1.29. The van der Waals surface area contributed by atoms with Crippen molar-refractivity contribution in [1.82, 2.24) is 0 Å². The van der Waals surface area contributed by atoms with Crippen molar-refractivity contribution in [2.45, 2.75) is 24.9 Å². The Morgan fingerprint density at radius 1 is 0.767 bits per heavy atom. The average Bonchev–Trinajstić information content (AvgIpc) is 2.56. The van der Waals surface area contributed by atoms with E-state index in [0.29, 0.717) is 11.4 Å². The normalized spacial score (nSPS) is 13.8. The first-order valence-electron chi connectivity index (χ1n) is 8.64. The third kappa shape index (κ3) is 12.9. The van der Waals surface area contributed by atoms with E-state index < -0.39 is 43.8 Å². The molecule has 168 valence electrons. The van der Waals surface area contributed by atoms with Crippen LogP contribution in [-0.2, 0) is 33.1 Å². The van der Waals surface area contributed by atoms with E-state index in [4.69, 9.17) is 32.2 Å². The van der Waals surface area contributed by atoms with Crippen LogP contribution in [0.5, 0.6) is 0 Å². The SMILES string of the molecule is N[C@@H](Cc1ccc(Cl)cc1)CS(=O)(=O)O.N[C@@H](Cc1ccc(F)cc1)CS(=O)(=O)O. The van der Waals surface area contributed by atoms with E-state index in [1.54, 1.807) is 24.3 Å². The summed E-state index contributed by atoms with van der Waals surface area (Å²) in [6.07, 6.45) is 0.664. The molecule has 2 aromatic rings. The minimum absolute atomic E-state index is 0.278. The van der Waals surface area contributed by atoms with Gasteiger partial charge in [-0.05, 0) is 48.2 Å². The van der Waals surface area contributed by atoms with Crippen LogP contribution in [0.4, 0.5) is 4.39 Å². The van der Waals surface area contributed by atoms with Crippen molar-refractivity contribution in [3.8, 4) is 0 Å². The second-order valence-corrected chi connectivity index (χ2v) is 10.1. The summed E-state index contributed by atoms with van der Waals surface area (Å²) in [6, 6.07) is 11.3. The fourth-order valence-corrected chi connectivity index (χ4v) is 3.95. The van der Waals surface area contributed by atoms with Crippen LogP contribution in [0, 0.1) is 5.82 Å². The van der Waals surface area contributed by atoms with E-state index in [-0.39, 0.29) is 12.2 Å². The number of rotatable bonds is 8. The van der Waals surface area contributed by atoms with E-state index in [1.165, 1.54) is 24.3 Å². The van der Waals surface area contributed by atoms with E-state index in [9.17, 15) is 21.2 Å². The minimum Gasteiger partial charge on any atom is -0.326 e. The summed E-state index contributed by atoms with van der Waals surface area (Å²) >= 11 is 5.69. The van der Waals surface area contributed by atoms with E-state index >= 15 is 0 Å². The van der Waals surface area contributed by atoms with Gasteiger partial charge in [0, 0.05) is 17.1 Å². The Bertz CT molecular complexity index is 916.